The first-order valence-electron chi connectivity index (χ1n) is 9.41. The van der Waals surface area contributed by atoms with Crippen LogP contribution in [0.5, 0.6) is 5.75 Å². The van der Waals surface area contributed by atoms with Crippen LogP contribution in [-0.2, 0) is 27.3 Å². The van der Waals surface area contributed by atoms with E-state index in [9.17, 15) is 9.59 Å². The average molecular weight is 417 g/mol. The lowest BCUT2D eigenvalue weighted by atomic mass is 9.97. The Hall–Kier alpha value is -2.73. The third-order valence-electron chi connectivity index (χ3n) is 4.90. The van der Waals surface area contributed by atoms with E-state index in [1.807, 2.05) is 43.3 Å². The van der Waals surface area contributed by atoms with E-state index in [1.165, 1.54) is 0 Å². The van der Waals surface area contributed by atoms with Gasteiger partial charge in [0.1, 0.15) is 12.4 Å². The molecule has 2 aromatic carbocycles. The summed E-state index contributed by atoms with van der Waals surface area (Å²) in [5, 5.41) is 0.594. The molecule has 1 aliphatic heterocycles. The first-order chi connectivity index (χ1) is 13.8. The number of amides is 1. The first-order valence-corrected chi connectivity index (χ1v) is 9.79. The number of fused-ring (bicyclic) bond motifs is 1. The van der Waals surface area contributed by atoms with Crippen molar-refractivity contribution in [1.29, 1.82) is 0 Å². The monoisotopic (exact) mass is 416 g/mol. The number of hydrogen-bond donors (Lipinski definition) is 0. The van der Waals surface area contributed by atoms with Gasteiger partial charge in [0, 0.05) is 38.4 Å². The third-order valence-corrected chi connectivity index (χ3v) is 5.13. The van der Waals surface area contributed by atoms with Crippen LogP contribution in [0.2, 0.25) is 5.02 Å². The maximum atomic E-state index is 12.4. The number of halogens is 1. The molecule has 154 valence electrons. The third kappa shape index (κ3) is 5.41. The van der Waals surface area contributed by atoms with Crippen LogP contribution in [0.4, 0.5) is 5.69 Å². The normalized spacial score (nSPS) is 15.1. The molecule has 7 heteroatoms. The second-order valence-electron chi connectivity index (χ2n) is 7.38. The Labute approximate surface area is 176 Å². The van der Waals surface area contributed by atoms with Gasteiger partial charge in [0.2, 0.25) is 0 Å². The maximum Gasteiger partial charge on any atom is 0.313 e. The van der Waals surface area contributed by atoms with Crippen molar-refractivity contribution in [2.75, 3.05) is 39.3 Å². The Morgan fingerprint density at radius 3 is 2.55 bits per heavy atom. The van der Waals surface area contributed by atoms with Crippen molar-refractivity contribution < 1.29 is 19.1 Å². The summed E-state index contributed by atoms with van der Waals surface area (Å²) < 4.78 is 10.9. The zero-order chi connectivity index (χ0) is 21.0. The number of esters is 1. The van der Waals surface area contributed by atoms with Crippen LogP contribution in [0, 0.1) is 5.92 Å². The van der Waals surface area contributed by atoms with Gasteiger partial charge in [-0.15, -0.1) is 0 Å². The van der Waals surface area contributed by atoms with E-state index in [-0.39, 0.29) is 19.1 Å². The molecule has 0 unspecified atom stereocenters. The Morgan fingerprint density at radius 1 is 1.14 bits per heavy atom. The minimum absolute atomic E-state index is 0.232. The van der Waals surface area contributed by atoms with Gasteiger partial charge in [-0.1, -0.05) is 23.7 Å². The zero-order valence-corrected chi connectivity index (χ0v) is 17.6. The van der Waals surface area contributed by atoms with Crippen LogP contribution in [0.1, 0.15) is 11.1 Å². The number of hydrogen-bond acceptors (Lipinski definition) is 5. The molecule has 0 spiro atoms. The molecule has 6 nitrogen and oxygen atoms in total. The summed E-state index contributed by atoms with van der Waals surface area (Å²) in [6, 6.07) is 13.3. The fraction of sp³-hybridized carbons (Fsp3) is 0.364. The van der Waals surface area contributed by atoms with Crippen LogP contribution in [-0.4, -0.2) is 51.1 Å². The number of likely N-dealkylation sites (N-methyl/N-ethyl adjacent to an activating group) is 1. The first kappa shape index (κ1) is 21.0. The standard InChI is InChI=1S/C22H25ClN2O4/c1-24(2)19-7-4-15(5-8-19)12-25(3)21(26)14-29-22(27)17-10-16-11-18(23)6-9-20(16)28-13-17/h4-9,11,17H,10,12-14H2,1-3H3/t17-/m0/s1. The summed E-state index contributed by atoms with van der Waals surface area (Å²) in [5.74, 6) is -0.407. The van der Waals surface area contributed by atoms with Crippen molar-refractivity contribution in [3.63, 3.8) is 0 Å². The number of nitrogens with zero attached hydrogens (tertiary/aromatic N) is 2. The van der Waals surface area contributed by atoms with E-state index in [0.29, 0.717) is 18.0 Å². The van der Waals surface area contributed by atoms with Crippen LogP contribution in [0.3, 0.4) is 0 Å². The molecule has 1 aliphatic rings. The number of carbonyl (C=O) groups is 2. The molecule has 0 aliphatic carbocycles. The van der Waals surface area contributed by atoms with Crippen LogP contribution < -0.4 is 9.64 Å². The fourth-order valence-corrected chi connectivity index (χ4v) is 3.33. The molecule has 0 saturated heterocycles. The number of ether oxygens (including phenoxy) is 2. The molecule has 1 amide bonds. The summed E-state index contributed by atoms with van der Waals surface area (Å²) in [4.78, 5) is 28.3. The minimum Gasteiger partial charge on any atom is -0.492 e. The number of anilines is 1. The molecule has 29 heavy (non-hydrogen) atoms. The van der Waals surface area contributed by atoms with Crippen molar-refractivity contribution in [3.8, 4) is 5.75 Å². The highest BCUT2D eigenvalue weighted by atomic mass is 35.5. The van der Waals surface area contributed by atoms with Gasteiger partial charge in [0.05, 0.1) is 5.92 Å². The number of carbonyl (C=O) groups excluding carboxylic acids is 2. The fourth-order valence-electron chi connectivity index (χ4n) is 3.14. The SMILES string of the molecule is CN(Cc1ccc(N(C)C)cc1)C(=O)COC(=O)[C@@H]1COc2ccc(Cl)cc2C1. The zero-order valence-electron chi connectivity index (χ0n) is 16.9. The molecule has 0 saturated carbocycles. The van der Waals surface area contributed by atoms with E-state index >= 15 is 0 Å². The van der Waals surface area contributed by atoms with Gasteiger partial charge in [-0.3, -0.25) is 9.59 Å². The molecular formula is C22H25ClN2O4. The summed E-state index contributed by atoms with van der Waals surface area (Å²) in [5.41, 5.74) is 2.97. The van der Waals surface area contributed by atoms with Crippen LogP contribution >= 0.6 is 11.6 Å². The molecule has 0 bridgehead atoms. The Balaban J connectivity index is 1.49. The van der Waals surface area contributed by atoms with Gasteiger partial charge >= 0.3 is 5.97 Å². The Bertz CT molecular complexity index is 883. The maximum absolute atomic E-state index is 12.4. The lowest BCUT2D eigenvalue weighted by Gasteiger charge is -2.24. The predicted octanol–water partition coefficient (Wildman–Crippen LogP) is 3.16. The summed E-state index contributed by atoms with van der Waals surface area (Å²) in [6.07, 6.45) is 0.483. The summed E-state index contributed by atoms with van der Waals surface area (Å²) in [6.45, 7) is 0.391. The second-order valence-corrected chi connectivity index (χ2v) is 7.82. The summed E-state index contributed by atoms with van der Waals surface area (Å²) in [7, 11) is 5.64. The molecule has 1 atom stereocenters. The topological polar surface area (TPSA) is 59.1 Å². The van der Waals surface area contributed by atoms with Crippen molar-refractivity contribution in [3.05, 3.63) is 58.6 Å². The number of rotatable bonds is 6. The highest BCUT2D eigenvalue weighted by Crippen LogP contribution is 2.30. The Kier molecular flexibility index (Phi) is 6.64. The van der Waals surface area contributed by atoms with Crippen LogP contribution in [0.25, 0.3) is 0 Å². The molecule has 0 N–H and O–H groups in total. The van der Waals surface area contributed by atoms with Crippen LogP contribution in [0.15, 0.2) is 42.5 Å². The molecule has 1 heterocycles. The highest BCUT2D eigenvalue weighted by molar-refractivity contribution is 6.30. The largest absolute Gasteiger partial charge is 0.492 e. The van der Waals surface area contributed by atoms with Gasteiger partial charge < -0.3 is 19.3 Å². The molecule has 2 aromatic rings. The highest BCUT2D eigenvalue weighted by Gasteiger charge is 2.28. The lowest BCUT2D eigenvalue weighted by Crippen LogP contribution is -2.34. The van der Waals surface area contributed by atoms with Gasteiger partial charge in [-0.2, -0.15) is 0 Å². The Morgan fingerprint density at radius 2 is 1.86 bits per heavy atom. The van der Waals surface area contributed by atoms with E-state index in [4.69, 9.17) is 21.1 Å². The predicted molar refractivity (Wildman–Crippen MR) is 112 cm³/mol. The molecule has 0 aromatic heterocycles. The van der Waals surface area contributed by atoms with E-state index in [2.05, 4.69) is 0 Å². The van der Waals surface area contributed by atoms with Crippen molar-refractivity contribution >= 4 is 29.2 Å². The van der Waals surface area contributed by atoms with Crippen molar-refractivity contribution in [1.82, 2.24) is 4.90 Å². The van der Waals surface area contributed by atoms with E-state index in [1.54, 1.807) is 30.1 Å². The lowest BCUT2D eigenvalue weighted by molar-refractivity contribution is -0.156. The smallest absolute Gasteiger partial charge is 0.313 e. The molecule has 3 rings (SSSR count). The van der Waals surface area contributed by atoms with Crippen molar-refractivity contribution in [2.24, 2.45) is 5.92 Å². The number of benzene rings is 2. The average Bonchev–Trinajstić information content (AvgIpc) is 2.71. The summed E-state index contributed by atoms with van der Waals surface area (Å²) >= 11 is 6.01. The molecular weight excluding hydrogens is 392 g/mol. The van der Waals surface area contributed by atoms with E-state index < -0.39 is 11.9 Å². The van der Waals surface area contributed by atoms with E-state index in [0.717, 1.165) is 22.6 Å². The second kappa shape index (κ2) is 9.18. The quantitative estimate of drug-likeness (QED) is 0.677. The van der Waals surface area contributed by atoms with Gasteiger partial charge in [0.25, 0.3) is 5.91 Å². The van der Waals surface area contributed by atoms with Crippen molar-refractivity contribution in [2.45, 2.75) is 13.0 Å². The molecule has 0 radical (unpaired) electrons. The minimum atomic E-state index is -0.447. The van der Waals surface area contributed by atoms with Gasteiger partial charge in [0.15, 0.2) is 6.61 Å². The van der Waals surface area contributed by atoms with Gasteiger partial charge in [-0.05, 0) is 47.9 Å². The van der Waals surface area contributed by atoms with Gasteiger partial charge in [-0.25, -0.2) is 0 Å². The molecule has 0 fully saturated rings.